The Morgan fingerprint density at radius 3 is 2.56 bits per heavy atom. The lowest BCUT2D eigenvalue weighted by Gasteiger charge is -2.34. The molecule has 0 bridgehead atoms. The van der Waals surface area contributed by atoms with Crippen molar-refractivity contribution in [2.24, 2.45) is 10.9 Å². The zero-order chi connectivity index (χ0) is 25.8. The van der Waals surface area contributed by atoms with E-state index in [1.54, 1.807) is 38.1 Å². The Bertz CT molecular complexity index is 1250. The number of methoxy groups -OCH3 is 1. The van der Waals surface area contributed by atoms with Gasteiger partial charge in [-0.05, 0) is 62.1 Å². The summed E-state index contributed by atoms with van der Waals surface area (Å²) in [4.78, 5) is 41.0. The summed E-state index contributed by atoms with van der Waals surface area (Å²) in [5, 5.41) is 10.9. The van der Waals surface area contributed by atoms with Crippen LogP contribution in [0.1, 0.15) is 50.2 Å². The van der Waals surface area contributed by atoms with Gasteiger partial charge >= 0.3 is 5.97 Å². The number of carbonyl (C=O) groups excluding carboxylic acids is 2. The number of Topliss-reactive ketones (excluding diaryl/α,β-unsaturated/α-hetero) is 1. The second kappa shape index (κ2) is 10.7. The van der Waals surface area contributed by atoms with Crippen LogP contribution in [0.15, 0.2) is 58.7 Å². The summed E-state index contributed by atoms with van der Waals surface area (Å²) in [6.45, 7) is 3.96. The number of esters is 1. The van der Waals surface area contributed by atoms with Crippen molar-refractivity contribution in [1.29, 1.82) is 0 Å². The van der Waals surface area contributed by atoms with Gasteiger partial charge in [-0.1, -0.05) is 6.07 Å². The number of nitrogens with zero attached hydrogens (tertiary/aromatic N) is 2. The monoisotopic (exact) mass is 492 g/mol. The SMILES string of the molecule is CCOC(=O)C1C(C)=NC2=C(C(=O)CCC2)[C@@H]1c1ccc(OCc2ccc([N+](=O)[O-])cc2)c(OC)c1. The van der Waals surface area contributed by atoms with Crippen molar-refractivity contribution < 1.29 is 28.7 Å². The summed E-state index contributed by atoms with van der Waals surface area (Å²) < 4.78 is 16.9. The molecule has 2 atom stereocenters. The van der Waals surface area contributed by atoms with Crippen LogP contribution in [-0.4, -0.2) is 36.1 Å². The Morgan fingerprint density at radius 2 is 1.89 bits per heavy atom. The molecule has 0 aromatic heterocycles. The fourth-order valence-electron chi connectivity index (χ4n) is 4.78. The lowest BCUT2D eigenvalue weighted by atomic mass is 9.71. The molecule has 0 fully saturated rings. The van der Waals surface area contributed by atoms with E-state index >= 15 is 0 Å². The molecule has 0 amide bonds. The van der Waals surface area contributed by atoms with E-state index in [0.717, 1.165) is 23.2 Å². The molecule has 0 spiro atoms. The van der Waals surface area contributed by atoms with Gasteiger partial charge in [0, 0.05) is 41.5 Å². The Morgan fingerprint density at radius 1 is 1.14 bits per heavy atom. The maximum absolute atomic E-state index is 13.0. The minimum atomic E-state index is -0.706. The molecule has 2 aromatic rings. The second-order valence-electron chi connectivity index (χ2n) is 8.72. The van der Waals surface area contributed by atoms with Gasteiger partial charge in [-0.3, -0.25) is 24.7 Å². The molecule has 0 radical (unpaired) electrons. The van der Waals surface area contributed by atoms with Crippen LogP contribution in [0, 0.1) is 16.0 Å². The van der Waals surface area contributed by atoms with Gasteiger partial charge in [0.25, 0.3) is 5.69 Å². The standard InChI is InChI=1S/C27H28N2O7/c1-4-35-27(31)24-16(2)28-20-6-5-7-21(30)26(20)25(24)18-10-13-22(23(14-18)34-3)36-15-17-8-11-19(12-9-17)29(32)33/h8-14,24-25H,4-7,15H2,1-3H3/t24?,25-/m1/s1. The maximum Gasteiger partial charge on any atom is 0.315 e. The van der Waals surface area contributed by atoms with E-state index in [9.17, 15) is 19.7 Å². The Hall–Kier alpha value is -4.01. The third kappa shape index (κ3) is 5.00. The summed E-state index contributed by atoms with van der Waals surface area (Å²) >= 11 is 0. The van der Waals surface area contributed by atoms with Gasteiger partial charge in [-0.15, -0.1) is 0 Å². The predicted molar refractivity (Wildman–Crippen MR) is 132 cm³/mol. The van der Waals surface area contributed by atoms with Crippen LogP contribution in [0.25, 0.3) is 0 Å². The highest BCUT2D eigenvalue weighted by Crippen LogP contribution is 2.45. The van der Waals surface area contributed by atoms with Crippen LogP contribution >= 0.6 is 0 Å². The number of allylic oxidation sites excluding steroid dienone is 2. The molecule has 188 valence electrons. The quantitative estimate of drug-likeness (QED) is 0.291. The first-order valence-electron chi connectivity index (χ1n) is 11.9. The van der Waals surface area contributed by atoms with Crippen LogP contribution in [0.5, 0.6) is 11.5 Å². The highest BCUT2D eigenvalue weighted by Gasteiger charge is 2.43. The molecule has 1 unspecified atom stereocenters. The van der Waals surface area contributed by atoms with Crippen LogP contribution in [0.2, 0.25) is 0 Å². The minimum absolute atomic E-state index is 0.00395. The Balaban J connectivity index is 1.66. The number of nitro benzene ring substituents is 1. The first-order chi connectivity index (χ1) is 17.3. The molecule has 0 N–H and O–H groups in total. The number of ether oxygens (including phenoxy) is 3. The van der Waals surface area contributed by atoms with Crippen LogP contribution < -0.4 is 9.47 Å². The maximum atomic E-state index is 13.0. The number of rotatable bonds is 8. The second-order valence-corrected chi connectivity index (χ2v) is 8.72. The van der Waals surface area contributed by atoms with Crippen LogP contribution in [-0.2, 0) is 20.9 Å². The molecular weight excluding hydrogens is 464 g/mol. The molecule has 9 heteroatoms. The van der Waals surface area contributed by atoms with Crippen molar-refractivity contribution in [3.63, 3.8) is 0 Å². The van der Waals surface area contributed by atoms with E-state index in [1.807, 2.05) is 6.07 Å². The molecule has 2 aromatic carbocycles. The van der Waals surface area contributed by atoms with Gasteiger partial charge < -0.3 is 14.2 Å². The topological polar surface area (TPSA) is 117 Å². The smallest absolute Gasteiger partial charge is 0.315 e. The average molecular weight is 493 g/mol. The number of non-ortho nitro benzene ring substituents is 1. The van der Waals surface area contributed by atoms with Crippen molar-refractivity contribution in [2.75, 3.05) is 13.7 Å². The molecule has 0 saturated carbocycles. The molecular formula is C27H28N2O7. The lowest BCUT2D eigenvalue weighted by Crippen LogP contribution is -2.37. The van der Waals surface area contributed by atoms with E-state index < -0.39 is 22.7 Å². The minimum Gasteiger partial charge on any atom is -0.493 e. The number of carbonyl (C=O) groups is 2. The highest BCUT2D eigenvalue weighted by molar-refractivity contribution is 6.08. The van der Waals surface area contributed by atoms with Gasteiger partial charge in [0.05, 0.1) is 18.6 Å². The highest BCUT2D eigenvalue weighted by atomic mass is 16.6. The van der Waals surface area contributed by atoms with E-state index in [2.05, 4.69) is 4.99 Å². The number of benzene rings is 2. The third-order valence-corrected chi connectivity index (χ3v) is 6.46. The average Bonchev–Trinajstić information content (AvgIpc) is 2.87. The fourth-order valence-corrected chi connectivity index (χ4v) is 4.78. The zero-order valence-electron chi connectivity index (χ0n) is 20.5. The number of hydrogen-bond donors (Lipinski definition) is 0. The largest absolute Gasteiger partial charge is 0.493 e. The molecule has 1 heterocycles. The lowest BCUT2D eigenvalue weighted by molar-refractivity contribution is -0.384. The van der Waals surface area contributed by atoms with Crippen LogP contribution in [0.4, 0.5) is 5.69 Å². The fraction of sp³-hybridized carbons (Fsp3) is 0.370. The summed E-state index contributed by atoms with van der Waals surface area (Å²) in [5.74, 6) is -0.722. The van der Waals surface area contributed by atoms with Gasteiger partial charge in [0.2, 0.25) is 0 Å². The summed E-state index contributed by atoms with van der Waals surface area (Å²) in [6, 6.07) is 11.5. The van der Waals surface area contributed by atoms with Gasteiger partial charge in [-0.2, -0.15) is 0 Å². The molecule has 36 heavy (non-hydrogen) atoms. The van der Waals surface area contributed by atoms with E-state index in [0.29, 0.717) is 35.6 Å². The summed E-state index contributed by atoms with van der Waals surface area (Å²) in [6.07, 6.45) is 1.86. The molecule has 2 aliphatic rings. The first kappa shape index (κ1) is 25.1. The third-order valence-electron chi connectivity index (χ3n) is 6.46. The van der Waals surface area contributed by atoms with Crippen LogP contribution in [0.3, 0.4) is 0 Å². The van der Waals surface area contributed by atoms with Crippen molar-refractivity contribution in [2.45, 2.75) is 45.6 Å². The molecule has 1 aliphatic carbocycles. The van der Waals surface area contributed by atoms with Crippen molar-refractivity contribution in [3.8, 4) is 11.5 Å². The van der Waals surface area contributed by atoms with E-state index in [1.165, 1.54) is 19.2 Å². The number of nitro groups is 1. The van der Waals surface area contributed by atoms with Crippen molar-refractivity contribution in [3.05, 3.63) is 75.0 Å². The van der Waals surface area contributed by atoms with E-state index in [4.69, 9.17) is 14.2 Å². The van der Waals surface area contributed by atoms with Gasteiger partial charge in [0.15, 0.2) is 17.3 Å². The molecule has 9 nitrogen and oxygen atoms in total. The van der Waals surface area contributed by atoms with E-state index in [-0.39, 0.29) is 24.7 Å². The summed E-state index contributed by atoms with van der Waals surface area (Å²) in [7, 11) is 1.52. The van der Waals surface area contributed by atoms with Crippen molar-refractivity contribution in [1.82, 2.24) is 0 Å². The Labute approximate surface area is 208 Å². The van der Waals surface area contributed by atoms with Crippen molar-refractivity contribution >= 4 is 23.2 Å². The number of ketones is 1. The van der Waals surface area contributed by atoms with Gasteiger partial charge in [-0.25, -0.2) is 0 Å². The normalized spacial score (nSPS) is 19.3. The Kier molecular flexibility index (Phi) is 7.47. The molecule has 4 rings (SSSR count). The first-order valence-corrected chi connectivity index (χ1v) is 11.9. The number of hydrogen-bond acceptors (Lipinski definition) is 8. The van der Waals surface area contributed by atoms with Gasteiger partial charge in [0.1, 0.15) is 12.5 Å². The predicted octanol–water partition coefficient (Wildman–Crippen LogP) is 4.93. The molecule has 1 aliphatic heterocycles. The molecule has 0 saturated heterocycles. The summed E-state index contributed by atoms with van der Waals surface area (Å²) in [5.41, 5.74) is 3.46. The number of aliphatic imine (C=N–C) groups is 1. The zero-order valence-corrected chi connectivity index (χ0v) is 20.5.